The van der Waals surface area contributed by atoms with Crippen LogP contribution in [0.5, 0.6) is 0 Å². The average molecular weight is 243 g/mol. The summed E-state index contributed by atoms with van der Waals surface area (Å²) in [6, 6.07) is -0.291. The molecule has 1 fully saturated rings. The lowest BCUT2D eigenvalue weighted by Gasteiger charge is -2.16. The van der Waals surface area contributed by atoms with Crippen LogP contribution in [0.2, 0.25) is 0 Å². The van der Waals surface area contributed by atoms with E-state index >= 15 is 0 Å². The molecule has 16 heavy (non-hydrogen) atoms. The summed E-state index contributed by atoms with van der Waals surface area (Å²) in [4.78, 5) is 6.96. The second kappa shape index (κ2) is 4.55. The zero-order valence-electron chi connectivity index (χ0n) is 9.31. The third-order valence-corrected chi connectivity index (χ3v) is 5.04. The van der Waals surface area contributed by atoms with Gasteiger partial charge in [-0.25, -0.2) is 18.1 Å². The highest BCUT2D eigenvalue weighted by Crippen LogP contribution is 2.25. The number of aromatic amines is 1. The van der Waals surface area contributed by atoms with E-state index in [-0.39, 0.29) is 11.3 Å². The molecule has 2 N–H and O–H groups in total. The summed E-state index contributed by atoms with van der Waals surface area (Å²) in [7, 11) is -3.20. The van der Waals surface area contributed by atoms with Crippen LogP contribution in [0.4, 0.5) is 0 Å². The minimum Gasteiger partial charge on any atom is -0.347 e. The van der Waals surface area contributed by atoms with Crippen LogP contribution in [0.3, 0.4) is 0 Å². The van der Waals surface area contributed by atoms with Crippen LogP contribution in [0, 0.1) is 0 Å². The van der Waals surface area contributed by atoms with Crippen LogP contribution in [0.25, 0.3) is 0 Å². The van der Waals surface area contributed by atoms with E-state index in [1.807, 2.05) is 0 Å². The van der Waals surface area contributed by atoms with Gasteiger partial charge in [-0.1, -0.05) is 12.8 Å². The number of hydrogen-bond acceptors (Lipinski definition) is 3. The molecule has 1 atom stereocenters. The summed E-state index contributed by atoms with van der Waals surface area (Å²) in [5.41, 5.74) is 0. The Labute approximate surface area is 95.7 Å². The van der Waals surface area contributed by atoms with Gasteiger partial charge in [0.15, 0.2) is 0 Å². The van der Waals surface area contributed by atoms with E-state index in [9.17, 15) is 8.42 Å². The van der Waals surface area contributed by atoms with Gasteiger partial charge in [-0.15, -0.1) is 0 Å². The van der Waals surface area contributed by atoms with Gasteiger partial charge < -0.3 is 4.98 Å². The minimum atomic E-state index is -3.20. The normalized spacial score (nSPS) is 20.1. The van der Waals surface area contributed by atoms with Gasteiger partial charge in [0.2, 0.25) is 10.0 Å². The Kier molecular flexibility index (Phi) is 3.30. The lowest BCUT2D eigenvalue weighted by Crippen LogP contribution is -2.34. The summed E-state index contributed by atoms with van der Waals surface area (Å²) in [6.07, 6.45) is 6.90. The first kappa shape index (κ1) is 11.6. The molecule has 0 radical (unpaired) electrons. The van der Waals surface area contributed by atoms with Gasteiger partial charge in [0.1, 0.15) is 5.82 Å². The van der Waals surface area contributed by atoms with Crippen LogP contribution >= 0.6 is 0 Å². The van der Waals surface area contributed by atoms with Crippen molar-refractivity contribution in [3.63, 3.8) is 0 Å². The van der Waals surface area contributed by atoms with Crippen LogP contribution in [-0.4, -0.2) is 23.6 Å². The molecule has 2 rings (SSSR count). The quantitative estimate of drug-likeness (QED) is 0.837. The van der Waals surface area contributed by atoms with Crippen LogP contribution in [-0.2, 0) is 10.0 Å². The third kappa shape index (κ3) is 2.44. The number of hydrogen-bond donors (Lipinski definition) is 2. The molecular formula is C10H17N3O2S. The highest BCUT2D eigenvalue weighted by atomic mass is 32.2. The van der Waals surface area contributed by atoms with Crippen molar-refractivity contribution in [2.75, 3.05) is 0 Å². The fraction of sp³-hybridized carbons (Fsp3) is 0.700. The van der Waals surface area contributed by atoms with Crippen molar-refractivity contribution >= 4 is 10.0 Å². The molecular weight excluding hydrogens is 226 g/mol. The number of H-pyrrole nitrogens is 1. The zero-order valence-corrected chi connectivity index (χ0v) is 10.1. The fourth-order valence-electron chi connectivity index (χ4n) is 2.11. The Bertz CT molecular complexity index is 421. The van der Waals surface area contributed by atoms with Crippen molar-refractivity contribution in [3.8, 4) is 0 Å². The zero-order chi connectivity index (χ0) is 11.6. The summed E-state index contributed by atoms with van der Waals surface area (Å²) in [5.74, 6) is 0.654. The van der Waals surface area contributed by atoms with Gasteiger partial charge >= 0.3 is 0 Å². The first-order chi connectivity index (χ1) is 7.59. The van der Waals surface area contributed by atoms with Crippen LogP contribution < -0.4 is 4.72 Å². The molecule has 1 heterocycles. The second-order valence-corrected chi connectivity index (χ2v) is 6.26. The van der Waals surface area contributed by atoms with Gasteiger partial charge in [-0.05, 0) is 19.8 Å². The lowest BCUT2D eigenvalue weighted by atomic mass is 10.3. The Morgan fingerprint density at radius 2 is 2.19 bits per heavy atom. The molecule has 90 valence electrons. The fourth-order valence-corrected chi connectivity index (χ4v) is 3.86. The smallest absolute Gasteiger partial charge is 0.215 e. The van der Waals surface area contributed by atoms with E-state index in [1.165, 1.54) is 0 Å². The molecule has 0 amide bonds. The molecule has 0 aliphatic heterocycles. The largest absolute Gasteiger partial charge is 0.347 e. The molecule has 0 spiro atoms. The first-order valence-electron chi connectivity index (χ1n) is 5.60. The molecule has 0 bridgehead atoms. The van der Waals surface area contributed by atoms with Gasteiger partial charge in [0.05, 0.1) is 11.3 Å². The number of rotatable bonds is 4. The van der Waals surface area contributed by atoms with Crippen LogP contribution in [0.15, 0.2) is 12.4 Å². The summed E-state index contributed by atoms with van der Waals surface area (Å²) in [5, 5.41) is -0.218. The number of nitrogens with zero attached hydrogens (tertiary/aromatic N) is 1. The number of imidazole rings is 1. The SMILES string of the molecule is CC(NS(=O)(=O)C1CCCC1)c1ncc[nH]1. The average Bonchev–Trinajstić information content (AvgIpc) is 2.91. The van der Waals surface area contributed by atoms with E-state index in [0.29, 0.717) is 5.82 Å². The second-order valence-electron chi connectivity index (χ2n) is 4.27. The topological polar surface area (TPSA) is 74.8 Å². The molecule has 5 nitrogen and oxygen atoms in total. The van der Waals surface area contributed by atoms with Crippen molar-refractivity contribution < 1.29 is 8.42 Å². The Hall–Kier alpha value is -0.880. The molecule has 0 aromatic carbocycles. The number of aromatic nitrogens is 2. The lowest BCUT2D eigenvalue weighted by molar-refractivity contribution is 0.545. The van der Waals surface area contributed by atoms with E-state index in [4.69, 9.17) is 0 Å². The van der Waals surface area contributed by atoms with Crippen molar-refractivity contribution in [3.05, 3.63) is 18.2 Å². The maximum atomic E-state index is 12.0. The molecule has 1 aliphatic carbocycles. The Balaban J connectivity index is 2.03. The van der Waals surface area contributed by atoms with Gasteiger partial charge in [-0.2, -0.15) is 0 Å². The molecule has 1 unspecified atom stereocenters. The van der Waals surface area contributed by atoms with E-state index in [0.717, 1.165) is 25.7 Å². The maximum absolute atomic E-state index is 12.0. The molecule has 0 saturated heterocycles. The molecule has 1 aliphatic rings. The summed E-state index contributed by atoms with van der Waals surface area (Å²) < 4.78 is 26.7. The van der Waals surface area contributed by atoms with Gasteiger partial charge in [-0.3, -0.25) is 0 Å². The molecule has 1 aromatic heterocycles. The van der Waals surface area contributed by atoms with Gasteiger partial charge in [0, 0.05) is 12.4 Å². The highest BCUT2D eigenvalue weighted by Gasteiger charge is 2.30. The standard InChI is InChI=1S/C10H17N3O2S/c1-8(10-11-6-7-12-10)13-16(14,15)9-4-2-3-5-9/h6-9,13H,2-5H2,1H3,(H,11,12). The predicted octanol–water partition coefficient (Wildman–Crippen LogP) is 1.33. The van der Waals surface area contributed by atoms with E-state index in [1.54, 1.807) is 19.3 Å². The molecule has 1 saturated carbocycles. The third-order valence-electron chi connectivity index (χ3n) is 3.01. The van der Waals surface area contributed by atoms with E-state index < -0.39 is 10.0 Å². The van der Waals surface area contributed by atoms with Gasteiger partial charge in [0.25, 0.3) is 0 Å². The number of nitrogens with one attached hydrogen (secondary N) is 2. The first-order valence-corrected chi connectivity index (χ1v) is 7.14. The van der Waals surface area contributed by atoms with Crippen molar-refractivity contribution in [2.45, 2.75) is 43.9 Å². The van der Waals surface area contributed by atoms with Crippen molar-refractivity contribution in [1.82, 2.24) is 14.7 Å². The maximum Gasteiger partial charge on any atom is 0.215 e. The minimum absolute atomic E-state index is 0.218. The van der Waals surface area contributed by atoms with Crippen molar-refractivity contribution in [1.29, 1.82) is 0 Å². The summed E-state index contributed by atoms with van der Waals surface area (Å²) in [6.45, 7) is 1.80. The predicted molar refractivity (Wildman–Crippen MR) is 61.3 cm³/mol. The molecule has 6 heteroatoms. The van der Waals surface area contributed by atoms with Crippen LogP contribution in [0.1, 0.15) is 44.5 Å². The Morgan fingerprint density at radius 1 is 1.50 bits per heavy atom. The van der Waals surface area contributed by atoms with E-state index in [2.05, 4.69) is 14.7 Å². The number of sulfonamides is 1. The monoisotopic (exact) mass is 243 g/mol. The highest BCUT2D eigenvalue weighted by molar-refractivity contribution is 7.90. The molecule has 1 aromatic rings. The summed E-state index contributed by atoms with van der Waals surface area (Å²) >= 11 is 0. The Morgan fingerprint density at radius 3 is 2.75 bits per heavy atom. The van der Waals surface area contributed by atoms with Crippen molar-refractivity contribution in [2.24, 2.45) is 0 Å².